The maximum absolute atomic E-state index is 12.0. The van der Waals surface area contributed by atoms with Gasteiger partial charge < -0.3 is 10.4 Å². The fourth-order valence-electron chi connectivity index (χ4n) is 1.81. The van der Waals surface area contributed by atoms with Crippen molar-refractivity contribution in [1.29, 1.82) is 0 Å². The molecule has 0 fully saturated rings. The number of rotatable bonds is 4. The summed E-state index contributed by atoms with van der Waals surface area (Å²) >= 11 is 0. The molecule has 0 saturated carbocycles. The lowest BCUT2D eigenvalue weighted by molar-refractivity contribution is -0.113. The van der Waals surface area contributed by atoms with Crippen molar-refractivity contribution in [3.63, 3.8) is 0 Å². The van der Waals surface area contributed by atoms with E-state index in [0.29, 0.717) is 11.3 Å². The quantitative estimate of drug-likeness (QED) is 0.836. The van der Waals surface area contributed by atoms with E-state index in [2.05, 4.69) is 11.9 Å². The number of nitrogens with one attached hydrogen (secondary N) is 1. The van der Waals surface area contributed by atoms with Crippen molar-refractivity contribution in [3.8, 4) is 0 Å². The Labute approximate surface area is 118 Å². The molecule has 20 heavy (non-hydrogen) atoms. The summed E-state index contributed by atoms with van der Waals surface area (Å²) in [4.78, 5) is 12.0. The van der Waals surface area contributed by atoms with Crippen LogP contribution >= 0.6 is 0 Å². The first-order chi connectivity index (χ1) is 9.58. The maximum atomic E-state index is 12.0. The minimum Gasteiger partial charge on any atom is -0.383 e. The monoisotopic (exact) mass is 267 g/mol. The first-order valence-corrected chi connectivity index (χ1v) is 6.38. The van der Waals surface area contributed by atoms with E-state index in [-0.39, 0.29) is 11.5 Å². The molecule has 1 unspecified atom stereocenters. The highest BCUT2D eigenvalue weighted by Gasteiger charge is 2.18. The SMILES string of the molecule is C=C(C(=O)Nc1ccc(C)cc1)C(O)c1ccccc1. The molecule has 2 aromatic rings. The van der Waals surface area contributed by atoms with Crippen molar-refractivity contribution in [2.75, 3.05) is 5.32 Å². The van der Waals surface area contributed by atoms with Gasteiger partial charge in [0, 0.05) is 11.3 Å². The Balaban J connectivity index is 2.05. The van der Waals surface area contributed by atoms with Gasteiger partial charge in [0.2, 0.25) is 0 Å². The van der Waals surface area contributed by atoms with Crippen molar-refractivity contribution in [1.82, 2.24) is 0 Å². The molecule has 3 nitrogen and oxygen atoms in total. The van der Waals surface area contributed by atoms with E-state index < -0.39 is 6.10 Å². The van der Waals surface area contributed by atoms with Crippen LogP contribution in [0.2, 0.25) is 0 Å². The molecule has 0 spiro atoms. The number of aryl methyl sites for hydroxylation is 1. The van der Waals surface area contributed by atoms with Crippen LogP contribution in [0.3, 0.4) is 0 Å². The smallest absolute Gasteiger partial charge is 0.253 e. The Hall–Kier alpha value is -2.39. The van der Waals surface area contributed by atoms with Crippen molar-refractivity contribution in [2.24, 2.45) is 0 Å². The van der Waals surface area contributed by atoms with Crippen LogP contribution in [-0.4, -0.2) is 11.0 Å². The van der Waals surface area contributed by atoms with Gasteiger partial charge in [0.1, 0.15) is 6.10 Å². The fraction of sp³-hybridized carbons (Fsp3) is 0.118. The molecule has 0 aliphatic carbocycles. The second-order valence-electron chi connectivity index (χ2n) is 4.66. The van der Waals surface area contributed by atoms with E-state index >= 15 is 0 Å². The zero-order valence-electron chi connectivity index (χ0n) is 11.3. The van der Waals surface area contributed by atoms with E-state index in [0.717, 1.165) is 5.56 Å². The van der Waals surface area contributed by atoms with E-state index in [4.69, 9.17) is 0 Å². The lowest BCUT2D eigenvalue weighted by atomic mass is 10.0. The number of carbonyl (C=O) groups excluding carboxylic acids is 1. The molecular weight excluding hydrogens is 250 g/mol. The molecular formula is C17H17NO2. The van der Waals surface area contributed by atoms with Crippen molar-refractivity contribution in [3.05, 3.63) is 77.9 Å². The number of hydrogen-bond donors (Lipinski definition) is 2. The Kier molecular flexibility index (Phi) is 4.33. The van der Waals surface area contributed by atoms with Crippen LogP contribution in [0.1, 0.15) is 17.2 Å². The minimum atomic E-state index is -0.998. The Morgan fingerprint density at radius 3 is 2.30 bits per heavy atom. The zero-order chi connectivity index (χ0) is 14.5. The number of aliphatic hydroxyl groups excluding tert-OH is 1. The maximum Gasteiger partial charge on any atom is 0.253 e. The third-order valence-electron chi connectivity index (χ3n) is 3.05. The molecule has 0 saturated heterocycles. The fourth-order valence-corrected chi connectivity index (χ4v) is 1.81. The van der Waals surface area contributed by atoms with Gasteiger partial charge >= 0.3 is 0 Å². The first kappa shape index (κ1) is 14.0. The van der Waals surface area contributed by atoms with E-state index in [1.807, 2.05) is 49.4 Å². The molecule has 2 rings (SSSR count). The lowest BCUT2D eigenvalue weighted by Gasteiger charge is -2.14. The molecule has 102 valence electrons. The molecule has 1 atom stereocenters. The van der Waals surface area contributed by atoms with Gasteiger partial charge in [-0.2, -0.15) is 0 Å². The summed E-state index contributed by atoms with van der Waals surface area (Å²) in [7, 11) is 0. The van der Waals surface area contributed by atoms with Gasteiger partial charge in [-0.3, -0.25) is 4.79 Å². The third kappa shape index (κ3) is 3.33. The summed E-state index contributed by atoms with van der Waals surface area (Å²) in [6.07, 6.45) is -0.998. The second kappa shape index (κ2) is 6.17. The normalized spacial score (nSPS) is 11.7. The number of aliphatic hydroxyl groups is 1. The Morgan fingerprint density at radius 1 is 1.10 bits per heavy atom. The molecule has 3 heteroatoms. The Bertz CT molecular complexity index is 603. The third-order valence-corrected chi connectivity index (χ3v) is 3.05. The molecule has 0 heterocycles. The van der Waals surface area contributed by atoms with Gasteiger partial charge in [-0.05, 0) is 24.6 Å². The summed E-state index contributed by atoms with van der Waals surface area (Å²) in [5, 5.41) is 12.8. The summed E-state index contributed by atoms with van der Waals surface area (Å²) in [5.41, 5.74) is 2.57. The van der Waals surface area contributed by atoms with Crippen LogP contribution < -0.4 is 5.32 Å². The predicted molar refractivity (Wildman–Crippen MR) is 80.4 cm³/mol. The highest BCUT2D eigenvalue weighted by Crippen LogP contribution is 2.21. The van der Waals surface area contributed by atoms with E-state index in [1.165, 1.54) is 0 Å². The predicted octanol–water partition coefficient (Wildman–Crippen LogP) is 3.22. The highest BCUT2D eigenvalue weighted by atomic mass is 16.3. The number of benzene rings is 2. The van der Waals surface area contributed by atoms with Crippen LogP contribution in [0.5, 0.6) is 0 Å². The van der Waals surface area contributed by atoms with Crippen LogP contribution in [0.4, 0.5) is 5.69 Å². The largest absolute Gasteiger partial charge is 0.383 e. The summed E-state index contributed by atoms with van der Waals surface area (Å²) in [6.45, 7) is 5.66. The van der Waals surface area contributed by atoms with Gasteiger partial charge in [-0.1, -0.05) is 54.6 Å². The average molecular weight is 267 g/mol. The summed E-state index contributed by atoms with van der Waals surface area (Å²) < 4.78 is 0. The summed E-state index contributed by atoms with van der Waals surface area (Å²) in [6, 6.07) is 16.4. The van der Waals surface area contributed by atoms with E-state index in [9.17, 15) is 9.90 Å². The highest BCUT2D eigenvalue weighted by molar-refractivity contribution is 6.04. The number of anilines is 1. The molecule has 0 aliphatic rings. The molecule has 0 bridgehead atoms. The van der Waals surface area contributed by atoms with Gasteiger partial charge in [-0.15, -0.1) is 0 Å². The van der Waals surface area contributed by atoms with Crippen LogP contribution in [0, 0.1) is 6.92 Å². The van der Waals surface area contributed by atoms with Crippen LogP contribution in [-0.2, 0) is 4.79 Å². The second-order valence-corrected chi connectivity index (χ2v) is 4.66. The van der Waals surface area contributed by atoms with E-state index in [1.54, 1.807) is 12.1 Å². The molecule has 0 aromatic heterocycles. The van der Waals surface area contributed by atoms with Gasteiger partial charge in [0.25, 0.3) is 5.91 Å². The number of hydrogen-bond acceptors (Lipinski definition) is 2. The van der Waals surface area contributed by atoms with Gasteiger partial charge in [0.05, 0.1) is 0 Å². The van der Waals surface area contributed by atoms with Gasteiger partial charge in [0.15, 0.2) is 0 Å². The summed E-state index contributed by atoms with van der Waals surface area (Å²) in [5.74, 6) is -0.384. The van der Waals surface area contributed by atoms with Crippen molar-refractivity contribution in [2.45, 2.75) is 13.0 Å². The van der Waals surface area contributed by atoms with Crippen molar-refractivity contribution < 1.29 is 9.90 Å². The molecule has 2 N–H and O–H groups in total. The van der Waals surface area contributed by atoms with Crippen LogP contribution in [0.15, 0.2) is 66.7 Å². The standard InChI is InChI=1S/C17H17NO2/c1-12-8-10-15(11-9-12)18-17(20)13(2)16(19)14-6-4-3-5-7-14/h3-11,16,19H,2H2,1H3,(H,18,20). The van der Waals surface area contributed by atoms with Crippen LogP contribution in [0.25, 0.3) is 0 Å². The number of amides is 1. The number of carbonyl (C=O) groups is 1. The molecule has 1 amide bonds. The zero-order valence-corrected chi connectivity index (χ0v) is 11.3. The average Bonchev–Trinajstić information content (AvgIpc) is 2.49. The molecule has 2 aromatic carbocycles. The molecule has 0 aliphatic heterocycles. The topological polar surface area (TPSA) is 49.3 Å². The Morgan fingerprint density at radius 2 is 1.70 bits per heavy atom. The first-order valence-electron chi connectivity index (χ1n) is 6.38. The molecule has 0 radical (unpaired) electrons. The van der Waals surface area contributed by atoms with Gasteiger partial charge in [-0.25, -0.2) is 0 Å². The minimum absolute atomic E-state index is 0.122. The lowest BCUT2D eigenvalue weighted by Crippen LogP contribution is -2.18. The van der Waals surface area contributed by atoms with Crippen molar-refractivity contribution >= 4 is 11.6 Å².